The van der Waals surface area contributed by atoms with E-state index in [9.17, 15) is 14.7 Å². The van der Waals surface area contributed by atoms with Gasteiger partial charge in [0.25, 0.3) is 5.56 Å². The largest absolute Gasteiger partial charge is 0.493 e. The fourth-order valence-corrected chi connectivity index (χ4v) is 3.24. The number of hydrogen-bond acceptors (Lipinski definition) is 4. The number of aromatic amines is 1. The Morgan fingerprint density at radius 3 is 2.57 bits per heavy atom. The van der Waals surface area contributed by atoms with Gasteiger partial charge in [-0.3, -0.25) is 14.8 Å². The first kappa shape index (κ1) is 19.6. The highest BCUT2D eigenvalue weighted by atomic mass is 35.5. The van der Waals surface area contributed by atoms with E-state index in [1.807, 2.05) is 44.2 Å². The maximum Gasteiger partial charge on any atom is 0.335 e. The van der Waals surface area contributed by atoms with Crippen LogP contribution in [0.1, 0.15) is 29.2 Å². The topological polar surface area (TPSA) is 87.4 Å². The molecule has 0 fully saturated rings. The number of H-pyrrole nitrogens is 1. The Labute approximate surface area is 166 Å². The number of aryl methyl sites for hydroxylation is 2. The molecule has 0 unspecified atom stereocenters. The first-order valence-electron chi connectivity index (χ1n) is 8.70. The Morgan fingerprint density at radius 2 is 1.89 bits per heavy atom. The summed E-state index contributed by atoms with van der Waals surface area (Å²) in [6.07, 6.45) is 0. The summed E-state index contributed by atoms with van der Waals surface area (Å²) in [6.45, 7) is 5.62. The molecule has 1 aromatic heterocycles. The monoisotopic (exact) mass is 397 g/mol. The lowest BCUT2D eigenvalue weighted by atomic mass is 10.1. The van der Waals surface area contributed by atoms with Crippen molar-refractivity contribution in [2.75, 3.05) is 0 Å². The average Bonchev–Trinajstić information content (AvgIpc) is 2.62. The van der Waals surface area contributed by atoms with Gasteiger partial charge in [0.1, 0.15) is 5.56 Å². The molecule has 0 saturated heterocycles. The van der Waals surface area contributed by atoms with Crippen molar-refractivity contribution in [3.8, 4) is 11.6 Å². The predicted octanol–water partition coefficient (Wildman–Crippen LogP) is 3.51. The van der Waals surface area contributed by atoms with Crippen LogP contribution in [0.4, 0.5) is 0 Å². The molecule has 2 aromatic carbocycles. The number of nitrogens with zero attached hydrogens (tertiary/aromatic N) is 2. The highest BCUT2D eigenvalue weighted by molar-refractivity contribution is 6.31. The lowest BCUT2D eigenvalue weighted by Crippen LogP contribution is -2.33. The van der Waals surface area contributed by atoms with Crippen molar-refractivity contribution in [3.05, 3.63) is 90.6 Å². The third kappa shape index (κ3) is 3.77. The second kappa shape index (κ2) is 7.86. The van der Waals surface area contributed by atoms with Crippen molar-refractivity contribution in [1.29, 1.82) is 0 Å². The summed E-state index contributed by atoms with van der Waals surface area (Å²) in [7, 11) is 0. The van der Waals surface area contributed by atoms with Crippen LogP contribution in [0.5, 0.6) is 5.88 Å². The molecule has 0 spiro atoms. The van der Waals surface area contributed by atoms with Crippen LogP contribution in [-0.4, -0.2) is 20.4 Å². The standard InChI is InChI=1S/C21H20ClN3O3/c1-12-8-9-17(13(2)10-12)25-20(27)18(19(26)24-21(25)28)14(3)23-11-15-6-4-5-7-16(15)22/h4-10,27H,11H2,1-3H3,(H,24,26,28). The summed E-state index contributed by atoms with van der Waals surface area (Å²) in [5, 5.41) is 11.3. The van der Waals surface area contributed by atoms with Crippen molar-refractivity contribution >= 4 is 17.3 Å². The van der Waals surface area contributed by atoms with Crippen LogP contribution >= 0.6 is 11.6 Å². The Hall–Kier alpha value is -3.12. The zero-order valence-corrected chi connectivity index (χ0v) is 16.5. The summed E-state index contributed by atoms with van der Waals surface area (Å²) in [4.78, 5) is 31.4. The van der Waals surface area contributed by atoms with E-state index in [2.05, 4.69) is 9.98 Å². The number of nitrogens with one attached hydrogen (secondary N) is 1. The number of hydrogen-bond donors (Lipinski definition) is 2. The summed E-state index contributed by atoms with van der Waals surface area (Å²) < 4.78 is 1.08. The molecule has 0 amide bonds. The van der Waals surface area contributed by atoms with Crippen LogP contribution in [0.15, 0.2) is 57.0 Å². The predicted molar refractivity (Wildman–Crippen MR) is 111 cm³/mol. The summed E-state index contributed by atoms with van der Waals surface area (Å²) >= 11 is 6.14. The van der Waals surface area contributed by atoms with E-state index in [1.54, 1.807) is 19.1 Å². The van der Waals surface area contributed by atoms with Gasteiger partial charge in [0.2, 0.25) is 5.88 Å². The molecule has 28 heavy (non-hydrogen) atoms. The van der Waals surface area contributed by atoms with Gasteiger partial charge in [0.15, 0.2) is 0 Å². The third-order valence-electron chi connectivity index (χ3n) is 4.49. The maximum atomic E-state index is 12.4. The highest BCUT2D eigenvalue weighted by Gasteiger charge is 2.19. The molecule has 6 nitrogen and oxygen atoms in total. The molecule has 3 rings (SSSR count). The van der Waals surface area contributed by atoms with Crippen LogP contribution in [-0.2, 0) is 6.54 Å². The second-order valence-electron chi connectivity index (χ2n) is 6.58. The summed E-state index contributed by atoms with van der Waals surface area (Å²) in [5.41, 5.74) is 1.95. The summed E-state index contributed by atoms with van der Waals surface area (Å²) in [6, 6.07) is 12.7. The first-order valence-corrected chi connectivity index (χ1v) is 9.08. The summed E-state index contributed by atoms with van der Waals surface area (Å²) in [5.74, 6) is -0.443. The van der Waals surface area contributed by atoms with Crippen molar-refractivity contribution in [1.82, 2.24) is 9.55 Å². The van der Waals surface area contributed by atoms with Gasteiger partial charge in [-0.15, -0.1) is 0 Å². The van der Waals surface area contributed by atoms with Gasteiger partial charge in [0, 0.05) is 5.02 Å². The Kier molecular flexibility index (Phi) is 5.51. The molecule has 0 aliphatic rings. The van der Waals surface area contributed by atoms with E-state index in [0.717, 1.165) is 21.3 Å². The molecule has 1 heterocycles. The third-order valence-corrected chi connectivity index (χ3v) is 4.85. The average molecular weight is 398 g/mol. The Bertz CT molecular complexity index is 1190. The fraction of sp³-hybridized carbons (Fsp3) is 0.190. The van der Waals surface area contributed by atoms with Gasteiger partial charge in [-0.25, -0.2) is 9.36 Å². The zero-order chi connectivity index (χ0) is 20.4. The lowest BCUT2D eigenvalue weighted by molar-refractivity contribution is 0.429. The molecule has 3 aromatic rings. The number of aromatic hydroxyl groups is 1. The minimum atomic E-state index is -0.711. The second-order valence-corrected chi connectivity index (χ2v) is 6.98. The van der Waals surface area contributed by atoms with Crippen molar-refractivity contribution in [2.45, 2.75) is 27.3 Å². The molecule has 144 valence electrons. The zero-order valence-electron chi connectivity index (χ0n) is 15.8. The van der Waals surface area contributed by atoms with Gasteiger partial charge in [-0.2, -0.15) is 0 Å². The van der Waals surface area contributed by atoms with E-state index in [1.165, 1.54) is 0 Å². The fourth-order valence-electron chi connectivity index (χ4n) is 3.04. The normalized spacial score (nSPS) is 11.6. The van der Waals surface area contributed by atoms with Gasteiger partial charge in [-0.1, -0.05) is 47.5 Å². The molecule has 0 aliphatic heterocycles. The van der Waals surface area contributed by atoms with Crippen LogP contribution in [0.2, 0.25) is 5.02 Å². The van der Waals surface area contributed by atoms with Crippen LogP contribution < -0.4 is 11.2 Å². The molecular weight excluding hydrogens is 378 g/mol. The number of aromatic nitrogens is 2. The minimum Gasteiger partial charge on any atom is -0.493 e. The molecule has 0 aliphatic carbocycles. The molecule has 2 N–H and O–H groups in total. The smallest absolute Gasteiger partial charge is 0.335 e. The van der Waals surface area contributed by atoms with Crippen LogP contribution in [0.3, 0.4) is 0 Å². The van der Waals surface area contributed by atoms with Gasteiger partial charge < -0.3 is 5.11 Å². The van der Waals surface area contributed by atoms with Gasteiger partial charge in [0.05, 0.1) is 17.9 Å². The number of benzene rings is 2. The van der Waals surface area contributed by atoms with E-state index in [0.29, 0.717) is 16.4 Å². The quantitative estimate of drug-likeness (QED) is 0.660. The molecule has 7 heteroatoms. The van der Waals surface area contributed by atoms with Gasteiger partial charge >= 0.3 is 5.69 Å². The molecule has 0 bridgehead atoms. The highest BCUT2D eigenvalue weighted by Crippen LogP contribution is 2.22. The first-order chi connectivity index (χ1) is 13.3. The molecule has 0 atom stereocenters. The van der Waals surface area contributed by atoms with E-state index in [4.69, 9.17) is 11.6 Å². The lowest BCUT2D eigenvalue weighted by Gasteiger charge is -2.14. The Balaban J connectivity index is 2.12. The van der Waals surface area contributed by atoms with Crippen LogP contribution in [0.25, 0.3) is 5.69 Å². The number of rotatable bonds is 4. The number of aliphatic imine (C=N–C) groups is 1. The van der Waals surface area contributed by atoms with Crippen LogP contribution in [0, 0.1) is 13.8 Å². The Morgan fingerprint density at radius 1 is 1.18 bits per heavy atom. The maximum absolute atomic E-state index is 12.4. The van der Waals surface area contributed by atoms with Crippen molar-refractivity contribution < 1.29 is 5.11 Å². The molecular formula is C21H20ClN3O3. The van der Waals surface area contributed by atoms with Gasteiger partial charge in [-0.05, 0) is 44.0 Å². The number of halogens is 1. The van der Waals surface area contributed by atoms with Crippen molar-refractivity contribution in [3.63, 3.8) is 0 Å². The molecule has 0 saturated carbocycles. The molecule has 0 radical (unpaired) electrons. The van der Waals surface area contributed by atoms with E-state index < -0.39 is 17.1 Å². The van der Waals surface area contributed by atoms with E-state index in [-0.39, 0.29) is 12.1 Å². The SMILES string of the molecule is CC(=NCc1ccccc1Cl)c1c(O)n(-c2ccc(C)cc2C)c(=O)[nH]c1=O. The minimum absolute atomic E-state index is 0.0494. The van der Waals surface area contributed by atoms with Crippen molar-refractivity contribution in [2.24, 2.45) is 4.99 Å². The van der Waals surface area contributed by atoms with E-state index >= 15 is 0 Å².